The van der Waals surface area contributed by atoms with Crippen molar-refractivity contribution in [2.24, 2.45) is 0 Å². The molecule has 0 spiro atoms. The molecule has 4 rings (SSSR count). The van der Waals surface area contributed by atoms with Crippen LogP contribution in [-0.2, 0) is 23.5 Å². The van der Waals surface area contributed by atoms with Gasteiger partial charge >= 0.3 is 0 Å². The van der Waals surface area contributed by atoms with Crippen molar-refractivity contribution < 1.29 is 9.18 Å². The summed E-state index contributed by atoms with van der Waals surface area (Å²) < 4.78 is 15.0. The molecule has 2 aromatic heterocycles. The van der Waals surface area contributed by atoms with Crippen molar-refractivity contribution in [1.82, 2.24) is 14.5 Å². The molecule has 0 fully saturated rings. The first-order chi connectivity index (χ1) is 14.6. The van der Waals surface area contributed by atoms with Crippen LogP contribution in [0.15, 0.2) is 72.0 Å². The Labute approximate surface area is 178 Å². The summed E-state index contributed by atoms with van der Waals surface area (Å²) in [5, 5.41) is 3.64. The average Bonchev–Trinajstić information content (AvgIpc) is 3.11. The number of fused-ring (bicyclic) bond motifs is 1. The molecule has 5 nitrogen and oxygen atoms in total. The molecule has 1 amide bonds. The van der Waals surface area contributed by atoms with Gasteiger partial charge in [0.05, 0.1) is 0 Å². The van der Waals surface area contributed by atoms with Gasteiger partial charge in [-0.3, -0.25) is 9.36 Å². The molecule has 152 valence electrons. The summed E-state index contributed by atoms with van der Waals surface area (Å²) in [4.78, 5) is 21.7. The molecular weight excluding hydrogens is 399 g/mol. The lowest BCUT2D eigenvalue weighted by Crippen LogP contribution is -2.19. The van der Waals surface area contributed by atoms with Crippen LogP contribution in [0.1, 0.15) is 18.1 Å². The Balaban J connectivity index is 1.53. The van der Waals surface area contributed by atoms with E-state index >= 15 is 0 Å². The first kappa shape index (κ1) is 20.1. The number of benzene rings is 2. The average molecular weight is 421 g/mol. The Morgan fingerprint density at radius 1 is 1.07 bits per heavy atom. The first-order valence-corrected chi connectivity index (χ1v) is 10.7. The summed E-state index contributed by atoms with van der Waals surface area (Å²) in [5.41, 5.74) is 4.36. The molecule has 1 N–H and O–H groups in total. The van der Waals surface area contributed by atoms with E-state index in [0.717, 1.165) is 23.2 Å². The topological polar surface area (TPSA) is 59.8 Å². The summed E-state index contributed by atoms with van der Waals surface area (Å²) in [7, 11) is 0. The van der Waals surface area contributed by atoms with Crippen LogP contribution in [0, 0.1) is 5.82 Å². The van der Waals surface area contributed by atoms with Crippen molar-refractivity contribution in [2.75, 3.05) is 5.32 Å². The van der Waals surface area contributed by atoms with E-state index in [0.29, 0.717) is 16.6 Å². The van der Waals surface area contributed by atoms with Crippen molar-refractivity contribution in [1.29, 1.82) is 0 Å². The Morgan fingerprint density at radius 2 is 1.80 bits per heavy atom. The number of aromatic nitrogens is 3. The van der Waals surface area contributed by atoms with Gasteiger partial charge in [-0.15, -0.1) is 0 Å². The number of pyridine rings is 1. The predicted octanol–water partition coefficient (Wildman–Crippen LogP) is 5.06. The number of halogens is 1. The number of aryl methyl sites for hydroxylation is 1. The molecule has 0 bridgehead atoms. The molecule has 7 heteroatoms. The molecule has 0 aliphatic carbocycles. The van der Waals surface area contributed by atoms with E-state index in [1.165, 1.54) is 29.5 Å². The SMILES string of the molecule is CCc1ccc(NC(=O)Cn2c(SCc3ccc(F)cc3)nc3cccnc32)cc1. The van der Waals surface area contributed by atoms with Crippen LogP contribution in [0.2, 0.25) is 0 Å². The van der Waals surface area contributed by atoms with Gasteiger partial charge in [0.15, 0.2) is 10.8 Å². The highest BCUT2D eigenvalue weighted by molar-refractivity contribution is 7.98. The summed E-state index contributed by atoms with van der Waals surface area (Å²) in [6.45, 7) is 2.20. The fourth-order valence-corrected chi connectivity index (χ4v) is 4.04. The van der Waals surface area contributed by atoms with Crippen LogP contribution >= 0.6 is 11.8 Å². The molecule has 30 heavy (non-hydrogen) atoms. The lowest BCUT2D eigenvalue weighted by atomic mass is 10.1. The summed E-state index contributed by atoms with van der Waals surface area (Å²) in [6, 6.07) is 17.9. The van der Waals surface area contributed by atoms with Gasteiger partial charge in [0.2, 0.25) is 5.91 Å². The highest BCUT2D eigenvalue weighted by atomic mass is 32.2. The van der Waals surface area contributed by atoms with Gasteiger partial charge < -0.3 is 5.32 Å². The Bertz CT molecular complexity index is 1160. The van der Waals surface area contributed by atoms with Crippen molar-refractivity contribution in [3.63, 3.8) is 0 Å². The molecule has 0 saturated carbocycles. The van der Waals surface area contributed by atoms with Gasteiger partial charge in [0.25, 0.3) is 0 Å². The Hall–Kier alpha value is -3.19. The maximum absolute atomic E-state index is 13.1. The van der Waals surface area contributed by atoms with E-state index in [1.54, 1.807) is 18.3 Å². The van der Waals surface area contributed by atoms with Gasteiger partial charge in [0, 0.05) is 17.6 Å². The molecule has 2 heterocycles. The standard InChI is InChI=1S/C23H21FN4OS/c1-2-16-7-11-19(12-8-16)26-21(29)14-28-22-20(4-3-13-25-22)27-23(28)30-15-17-5-9-18(24)10-6-17/h3-13H,2,14-15H2,1H3,(H,26,29). The normalized spacial score (nSPS) is 11.0. The number of amides is 1. The Morgan fingerprint density at radius 3 is 2.53 bits per heavy atom. The second kappa shape index (κ2) is 9.09. The first-order valence-electron chi connectivity index (χ1n) is 9.69. The largest absolute Gasteiger partial charge is 0.325 e. The van der Waals surface area contributed by atoms with E-state index in [4.69, 9.17) is 0 Å². The number of rotatable bonds is 7. The Kier molecular flexibility index (Phi) is 6.09. The van der Waals surface area contributed by atoms with Crippen LogP contribution < -0.4 is 5.32 Å². The number of carbonyl (C=O) groups excluding carboxylic acids is 1. The maximum atomic E-state index is 13.1. The van der Waals surface area contributed by atoms with Crippen LogP contribution in [0.4, 0.5) is 10.1 Å². The molecule has 0 saturated heterocycles. The third-order valence-corrected chi connectivity index (χ3v) is 5.75. The zero-order chi connectivity index (χ0) is 20.9. The number of hydrogen-bond acceptors (Lipinski definition) is 4. The van der Waals surface area contributed by atoms with E-state index < -0.39 is 0 Å². The monoisotopic (exact) mass is 420 g/mol. The predicted molar refractivity (Wildman–Crippen MR) is 118 cm³/mol. The summed E-state index contributed by atoms with van der Waals surface area (Å²) in [6.07, 6.45) is 2.64. The van der Waals surface area contributed by atoms with Gasteiger partial charge in [-0.25, -0.2) is 14.4 Å². The highest BCUT2D eigenvalue weighted by Crippen LogP contribution is 2.26. The fourth-order valence-electron chi connectivity index (χ4n) is 3.09. The molecule has 0 aliphatic heterocycles. The van der Waals surface area contributed by atoms with Gasteiger partial charge in [-0.2, -0.15) is 0 Å². The zero-order valence-electron chi connectivity index (χ0n) is 16.5. The second-order valence-electron chi connectivity index (χ2n) is 6.84. The number of thioether (sulfide) groups is 1. The lowest BCUT2D eigenvalue weighted by Gasteiger charge is -2.10. The molecule has 0 aliphatic rings. The fraction of sp³-hybridized carbons (Fsp3) is 0.174. The number of anilines is 1. The quantitative estimate of drug-likeness (QED) is 0.425. The minimum atomic E-state index is -0.260. The van der Waals surface area contributed by atoms with Gasteiger partial charge in [-0.1, -0.05) is 43.0 Å². The highest BCUT2D eigenvalue weighted by Gasteiger charge is 2.15. The molecule has 0 unspecified atom stereocenters. The maximum Gasteiger partial charge on any atom is 0.244 e. The van der Waals surface area contributed by atoms with E-state index in [-0.39, 0.29) is 18.3 Å². The van der Waals surface area contributed by atoms with Crippen molar-refractivity contribution in [2.45, 2.75) is 30.8 Å². The molecule has 2 aromatic carbocycles. The molecule has 4 aromatic rings. The molecule has 0 atom stereocenters. The third kappa shape index (κ3) is 4.68. The van der Waals surface area contributed by atoms with E-state index in [1.807, 2.05) is 41.0 Å². The minimum Gasteiger partial charge on any atom is -0.325 e. The van der Waals surface area contributed by atoms with E-state index in [2.05, 4.69) is 22.2 Å². The van der Waals surface area contributed by atoms with Crippen molar-refractivity contribution in [3.8, 4) is 0 Å². The zero-order valence-corrected chi connectivity index (χ0v) is 17.3. The van der Waals surface area contributed by atoms with Crippen molar-refractivity contribution in [3.05, 3.63) is 83.8 Å². The molecule has 0 radical (unpaired) electrons. The summed E-state index contributed by atoms with van der Waals surface area (Å²) >= 11 is 1.49. The molecular formula is C23H21FN4OS. The van der Waals surface area contributed by atoms with E-state index in [9.17, 15) is 9.18 Å². The number of nitrogens with one attached hydrogen (secondary N) is 1. The minimum absolute atomic E-state index is 0.106. The lowest BCUT2D eigenvalue weighted by molar-refractivity contribution is -0.116. The number of carbonyl (C=O) groups is 1. The number of imidazole rings is 1. The third-order valence-electron chi connectivity index (χ3n) is 4.70. The van der Waals surface area contributed by atoms with Crippen LogP contribution in [0.3, 0.4) is 0 Å². The smallest absolute Gasteiger partial charge is 0.244 e. The van der Waals surface area contributed by atoms with Crippen molar-refractivity contribution >= 4 is 34.5 Å². The van der Waals surface area contributed by atoms with Gasteiger partial charge in [0.1, 0.15) is 17.9 Å². The second-order valence-corrected chi connectivity index (χ2v) is 7.78. The van der Waals surface area contributed by atoms with Gasteiger partial charge in [-0.05, 0) is 53.9 Å². The summed E-state index contributed by atoms with van der Waals surface area (Å²) in [5.74, 6) is 0.209. The van der Waals surface area contributed by atoms with Crippen LogP contribution in [-0.4, -0.2) is 20.4 Å². The van der Waals surface area contributed by atoms with Crippen LogP contribution in [0.5, 0.6) is 0 Å². The van der Waals surface area contributed by atoms with Crippen LogP contribution in [0.25, 0.3) is 11.2 Å². The number of hydrogen-bond donors (Lipinski definition) is 1. The number of nitrogens with zero attached hydrogens (tertiary/aromatic N) is 3.